The van der Waals surface area contributed by atoms with Gasteiger partial charge in [0.15, 0.2) is 5.82 Å². The Balaban J connectivity index is 1.04. The van der Waals surface area contributed by atoms with Crippen LogP contribution in [-0.2, 0) is 18.4 Å². The SMILES string of the molecule is Cn1cc(-c2ccc(N(C(=O)NCc3ccccc3)[C@H]3CC[C@H](Nc4ncc(C#N)c(N5CC[C@H]6CNC(=O)[C@H]6C5)n4)CC3)nc2)cn1. The van der Waals surface area contributed by atoms with E-state index in [1.54, 1.807) is 28.2 Å². The maximum atomic E-state index is 13.8. The molecule has 0 spiro atoms. The minimum Gasteiger partial charge on any atom is -0.355 e. The quantitative estimate of drug-likeness (QED) is 0.259. The molecule has 0 unspecified atom stereocenters. The normalized spacial score (nSPS) is 21.9. The van der Waals surface area contributed by atoms with Crippen molar-refractivity contribution in [3.63, 3.8) is 0 Å². The Kier molecular flexibility index (Phi) is 8.87. The minimum absolute atomic E-state index is 0.0492. The van der Waals surface area contributed by atoms with Gasteiger partial charge in [0.2, 0.25) is 11.9 Å². The van der Waals surface area contributed by atoms with Gasteiger partial charge in [0.1, 0.15) is 17.5 Å². The van der Waals surface area contributed by atoms with E-state index in [2.05, 4.69) is 32.1 Å². The first-order chi connectivity index (χ1) is 23.4. The summed E-state index contributed by atoms with van der Waals surface area (Å²) >= 11 is 0. The van der Waals surface area contributed by atoms with Crippen molar-refractivity contribution in [2.75, 3.05) is 34.8 Å². The standard InChI is InChI=1S/C35H39N11O2/c1-44-21-27(20-41-44)24-7-12-31(37-17-24)46(35(48)40-16-23-5-3-2-4-6-23)29-10-8-28(9-11-29)42-34-39-19-26(15-36)32(43-34)45-14-13-25-18-38-33(47)30(25)22-45/h2-7,12,17,19-21,25,28-30H,8-11,13-14,16,18,22H2,1H3,(H,38,47)(H,40,48)(H,39,42,43)/t25-,28-,29-,30-/m0/s1. The van der Waals surface area contributed by atoms with Gasteiger partial charge in [-0.2, -0.15) is 15.3 Å². The lowest BCUT2D eigenvalue weighted by molar-refractivity contribution is -0.122. The fourth-order valence-electron chi connectivity index (χ4n) is 7.11. The van der Waals surface area contributed by atoms with Gasteiger partial charge in [-0.1, -0.05) is 30.3 Å². The number of aryl methyl sites for hydroxylation is 1. The molecule has 13 nitrogen and oxygen atoms in total. The van der Waals surface area contributed by atoms with Crippen molar-refractivity contribution in [2.24, 2.45) is 18.9 Å². The molecule has 7 rings (SSSR count). The maximum Gasteiger partial charge on any atom is 0.323 e. The molecule has 2 aliphatic heterocycles. The third kappa shape index (κ3) is 6.64. The Bertz CT molecular complexity index is 1800. The number of nitriles is 1. The van der Waals surface area contributed by atoms with Crippen LogP contribution in [0, 0.1) is 23.2 Å². The second-order valence-corrected chi connectivity index (χ2v) is 12.9. The Morgan fingerprint density at radius 1 is 1.04 bits per heavy atom. The van der Waals surface area contributed by atoms with E-state index >= 15 is 0 Å². The minimum atomic E-state index is -0.184. The second kappa shape index (κ2) is 13.7. The van der Waals surface area contributed by atoms with E-state index in [0.29, 0.717) is 42.2 Å². The molecular formula is C35H39N11O2. The van der Waals surface area contributed by atoms with Crippen LogP contribution < -0.4 is 25.8 Å². The number of amides is 3. The van der Waals surface area contributed by atoms with Crippen molar-refractivity contribution < 1.29 is 9.59 Å². The molecule has 13 heteroatoms. The fraction of sp³-hybridized carbons (Fsp3) is 0.400. The molecule has 4 aromatic rings. The van der Waals surface area contributed by atoms with Crippen molar-refractivity contribution in [1.29, 1.82) is 5.26 Å². The van der Waals surface area contributed by atoms with Crippen LogP contribution in [0.1, 0.15) is 43.2 Å². The van der Waals surface area contributed by atoms with Crippen molar-refractivity contribution in [3.8, 4) is 17.2 Å². The number of urea groups is 1. The smallest absolute Gasteiger partial charge is 0.323 e. The number of nitrogens with zero attached hydrogens (tertiary/aromatic N) is 8. The van der Waals surface area contributed by atoms with Gasteiger partial charge < -0.3 is 20.9 Å². The number of carbonyl (C=O) groups excluding carboxylic acids is 2. The van der Waals surface area contributed by atoms with Crippen molar-refractivity contribution in [1.82, 2.24) is 35.4 Å². The number of hydrogen-bond acceptors (Lipinski definition) is 9. The molecule has 3 fully saturated rings. The van der Waals surface area contributed by atoms with Crippen LogP contribution in [0.4, 0.5) is 22.4 Å². The van der Waals surface area contributed by atoms with E-state index in [4.69, 9.17) is 9.97 Å². The lowest BCUT2D eigenvalue weighted by Gasteiger charge is -2.37. The van der Waals surface area contributed by atoms with Gasteiger partial charge in [-0.25, -0.2) is 14.8 Å². The summed E-state index contributed by atoms with van der Waals surface area (Å²) in [6, 6.07) is 15.8. The van der Waals surface area contributed by atoms with Crippen LogP contribution in [0.3, 0.4) is 0 Å². The Morgan fingerprint density at radius 3 is 2.60 bits per heavy atom. The van der Waals surface area contributed by atoms with Gasteiger partial charge in [-0.15, -0.1) is 0 Å². The molecule has 1 aliphatic carbocycles. The molecule has 3 N–H and O–H groups in total. The van der Waals surface area contributed by atoms with E-state index in [-0.39, 0.29) is 29.9 Å². The van der Waals surface area contributed by atoms with Crippen LogP contribution in [0.15, 0.2) is 67.3 Å². The Hall–Kier alpha value is -5.51. The van der Waals surface area contributed by atoms with E-state index in [1.165, 1.54) is 0 Å². The summed E-state index contributed by atoms with van der Waals surface area (Å²) in [7, 11) is 1.88. The number of aromatic nitrogens is 5. The molecule has 1 aromatic carbocycles. The molecule has 246 valence electrons. The molecule has 1 saturated carbocycles. The molecular weight excluding hydrogens is 606 g/mol. The number of nitrogens with one attached hydrogen (secondary N) is 3. The Labute approximate surface area is 279 Å². The average Bonchev–Trinajstić information content (AvgIpc) is 3.73. The van der Waals surface area contributed by atoms with E-state index < -0.39 is 0 Å². The van der Waals surface area contributed by atoms with Crippen LogP contribution >= 0.6 is 0 Å². The number of piperidine rings is 1. The molecule has 2 saturated heterocycles. The summed E-state index contributed by atoms with van der Waals surface area (Å²) in [6.45, 7) is 2.43. The summed E-state index contributed by atoms with van der Waals surface area (Å²) in [6.07, 6.45) is 11.1. The topological polar surface area (TPSA) is 157 Å². The number of fused-ring (bicyclic) bond motifs is 1. The lowest BCUT2D eigenvalue weighted by Crippen LogP contribution is -2.49. The highest BCUT2D eigenvalue weighted by Gasteiger charge is 2.40. The van der Waals surface area contributed by atoms with Crippen molar-refractivity contribution in [2.45, 2.75) is 50.7 Å². The summed E-state index contributed by atoms with van der Waals surface area (Å²) in [5.41, 5.74) is 3.32. The average molecular weight is 646 g/mol. The molecule has 0 radical (unpaired) electrons. The molecule has 2 atom stereocenters. The highest BCUT2D eigenvalue weighted by atomic mass is 16.2. The summed E-state index contributed by atoms with van der Waals surface area (Å²) in [5, 5.41) is 23.6. The largest absolute Gasteiger partial charge is 0.355 e. The van der Waals surface area contributed by atoms with Gasteiger partial charge in [0, 0.05) is 68.8 Å². The Morgan fingerprint density at radius 2 is 1.88 bits per heavy atom. The first kappa shape index (κ1) is 31.1. The molecule has 5 heterocycles. The van der Waals surface area contributed by atoms with E-state index in [9.17, 15) is 14.9 Å². The molecule has 3 amide bonds. The van der Waals surface area contributed by atoms with E-state index in [1.807, 2.05) is 60.6 Å². The number of hydrogen-bond donors (Lipinski definition) is 3. The predicted molar refractivity (Wildman–Crippen MR) is 181 cm³/mol. The fourth-order valence-corrected chi connectivity index (χ4v) is 7.11. The number of pyridine rings is 1. The zero-order chi connectivity index (χ0) is 33.0. The number of benzene rings is 1. The highest BCUT2D eigenvalue weighted by Crippen LogP contribution is 2.33. The second-order valence-electron chi connectivity index (χ2n) is 12.9. The zero-order valence-electron chi connectivity index (χ0n) is 26.9. The number of carbonyl (C=O) groups is 2. The molecule has 48 heavy (non-hydrogen) atoms. The van der Waals surface area contributed by atoms with Crippen LogP contribution in [-0.4, -0.2) is 68.4 Å². The summed E-state index contributed by atoms with van der Waals surface area (Å²) in [4.78, 5) is 43.9. The highest BCUT2D eigenvalue weighted by molar-refractivity contribution is 5.91. The van der Waals surface area contributed by atoms with Gasteiger partial charge in [-0.05, 0) is 55.7 Å². The first-order valence-electron chi connectivity index (χ1n) is 16.6. The number of anilines is 3. The van der Waals surface area contributed by atoms with Gasteiger partial charge in [-0.3, -0.25) is 14.4 Å². The van der Waals surface area contributed by atoms with Gasteiger partial charge in [0.05, 0.1) is 18.3 Å². The predicted octanol–water partition coefficient (Wildman–Crippen LogP) is 3.86. The van der Waals surface area contributed by atoms with Crippen LogP contribution in [0.2, 0.25) is 0 Å². The third-order valence-corrected chi connectivity index (χ3v) is 9.75. The monoisotopic (exact) mass is 645 g/mol. The molecule has 3 aromatic heterocycles. The van der Waals surface area contributed by atoms with Crippen molar-refractivity contribution >= 4 is 29.5 Å². The first-order valence-corrected chi connectivity index (χ1v) is 16.6. The molecule has 0 bridgehead atoms. The zero-order valence-corrected chi connectivity index (χ0v) is 26.9. The molecule has 3 aliphatic rings. The van der Waals surface area contributed by atoms with Gasteiger partial charge >= 0.3 is 6.03 Å². The summed E-state index contributed by atoms with van der Waals surface area (Å²) in [5.74, 6) is 1.97. The third-order valence-electron chi connectivity index (χ3n) is 9.75. The maximum absolute atomic E-state index is 13.8. The lowest BCUT2D eigenvalue weighted by atomic mass is 9.88. The van der Waals surface area contributed by atoms with E-state index in [0.717, 1.165) is 61.9 Å². The summed E-state index contributed by atoms with van der Waals surface area (Å²) < 4.78 is 1.75. The van der Waals surface area contributed by atoms with Crippen LogP contribution in [0.5, 0.6) is 0 Å². The number of rotatable bonds is 8. The van der Waals surface area contributed by atoms with Crippen molar-refractivity contribution in [3.05, 3.63) is 78.4 Å². The van der Waals surface area contributed by atoms with Gasteiger partial charge in [0.25, 0.3) is 0 Å². The van der Waals surface area contributed by atoms with Crippen LogP contribution in [0.25, 0.3) is 11.1 Å².